The molecule has 0 radical (unpaired) electrons. The number of rotatable bonds is 3. The Labute approximate surface area is 98.9 Å². The van der Waals surface area contributed by atoms with Gasteiger partial charge in [0.15, 0.2) is 6.61 Å². The van der Waals surface area contributed by atoms with Gasteiger partial charge in [-0.2, -0.15) is 26.3 Å². The fourth-order valence-electron chi connectivity index (χ4n) is 1.22. The lowest BCUT2D eigenvalue weighted by molar-refractivity contribution is -0.191. The van der Waals surface area contributed by atoms with Crippen LogP contribution < -0.4 is 0 Å². The lowest BCUT2D eigenvalue weighted by Crippen LogP contribution is -2.34. The summed E-state index contributed by atoms with van der Waals surface area (Å²) in [6.07, 6.45) is -9.22. The molecule has 1 aliphatic heterocycles. The van der Waals surface area contributed by atoms with E-state index in [2.05, 4.69) is 4.74 Å². The highest BCUT2D eigenvalue weighted by molar-refractivity contribution is 5.00. The van der Waals surface area contributed by atoms with Gasteiger partial charge in [0.1, 0.15) is 0 Å². The average molecular weight is 279 g/mol. The van der Waals surface area contributed by atoms with Crippen LogP contribution in [0.1, 0.15) is 0 Å². The summed E-state index contributed by atoms with van der Waals surface area (Å²) in [5, 5.41) is 0. The van der Waals surface area contributed by atoms with Crippen molar-refractivity contribution >= 4 is 0 Å². The Morgan fingerprint density at radius 2 is 1.67 bits per heavy atom. The number of halogens is 6. The van der Waals surface area contributed by atoms with Crippen LogP contribution in [-0.2, 0) is 9.47 Å². The Balaban J connectivity index is 2.68. The Bertz CT molecular complexity index is 292. The van der Waals surface area contributed by atoms with Crippen LogP contribution in [0.5, 0.6) is 0 Å². The van der Waals surface area contributed by atoms with Crippen molar-refractivity contribution in [3.05, 3.63) is 12.0 Å². The van der Waals surface area contributed by atoms with E-state index in [-0.39, 0.29) is 26.3 Å². The maximum atomic E-state index is 12.4. The van der Waals surface area contributed by atoms with Gasteiger partial charge in [-0.3, -0.25) is 0 Å². The van der Waals surface area contributed by atoms with Crippen LogP contribution in [0.4, 0.5) is 26.3 Å². The number of hydrogen-bond donors (Lipinski definition) is 0. The zero-order valence-corrected chi connectivity index (χ0v) is 9.14. The van der Waals surface area contributed by atoms with Crippen molar-refractivity contribution in [2.24, 2.45) is 0 Å². The molecule has 0 bridgehead atoms. The third kappa shape index (κ3) is 5.48. The van der Waals surface area contributed by atoms with Crippen LogP contribution >= 0.6 is 0 Å². The number of morpholine rings is 1. The van der Waals surface area contributed by atoms with Gasteiger partial charge in [0.25, 0.3) is 0 Å². The molecular formula is C9H11F6NO2. The zero-order valence-electron chi connectivity index (χ0n) is 9.14. The summed E-state index contributed by atoms with van der Waals surface area (Å²) in [5.74, 6) is -1.65. The third-order valence-electron chi connectivity index (χ3n) is 2.02. The Kier molecular flexibility index (Phi) is 4.71. The molecule has 0 amide bonds. The number of hydrogen-bond acceptors (Lipinski definition) is 3. The standard InChI is InChI=1S/C9H11F6NO2/c10-8(11,12)6-18-7(9(13,14)15)5-16-1-3-17-4-2-16/h5H,1-4,6H2. The lowest BCUT2D eigenvalue weighted by atomic mass is 10.4. The highest BCUT2D eigenvalue weighted by Gasteiger charge is 2.39. The van der Waals surface area contributed by atoms with E-state index in [4.69, 9.17) is 4.74 Å². The summed E-state index contributed by atoms with van der Waals surface area (Å²) in [5.41, 5.74) is 0. The highest BCUT2D eigenvalue weighted by Crippen LogP contribution is 2.29. The minimum Gasteiger partial charge on any atom is -0.478 e. The predicted octanol–water partition coefficient (Wildman–Crippen LogP) is 2.30. The molecule has 0 spiro atoms. The molecule has 18 heavy (non-hydrogen) atoms. The van der Waals surface area contributed by atoms with E-state index in [1.807, 2.05) is 0 Å². The molecule has 1 aliphatic rings. The van der Waals surface area contributed by atoms with Gasteiger partial charge in [-0.25, -0.2) is 0 Å². The molecule has 1 rings (SSSR count). The van der Waals surface area contributed by atoms with Crippen molar-refractivity contribution in [1.29, 1.82) is 0 Å². The fraction of sp³-hybridized carbons (Fsp3) is 0.778. The van der Waals surface area contributed by atoms with E-state index < -0.39 is 24.7 Å². The lowest BCUT2D eigenvalue weighted by Gasteiger charge is -2.26. The highest BCUT2D eigenvalue weighted by atomic mass is 19.4. The first-order chi connectivity index (χ1) is 8.18. The molecule has 0 aromatic heterocycles. The van der Waals surface area contributed by atoms with E-state index in [0.717, 1.165) is 0 Å². The first kappa shape index (κ1) is 14.9. The molecule has 0 aromatic rings. The van der Waals surface area contributed by atoms with Gasteiger partial charge >= 0.3 is 12.4 Å². The van der Waals surface area contributed by atoms with Gasteiger partial charge in [-0.05, 0) is 0 Å². The zero-order chi connectivity index (χ0) is 13.8. The molecule has 0 unspecified atom stereocenters. The molecule has 0 N–H and O–H groups in total. The monoisotopic (exact) mass is 279 g/mol. The molecule has 1 saturated heterocycles. The molecule has 0 aliphatic carbocycles. The van der Waals surface area contributed by atoms with Crippen molar-refractivity contribution in [3.8, 4) is 0 Å². The minimum absolute atomic E-state index is 0.176. The van der Waals surface area contributed by atoms with E-state index in [1.54, 1.807) is 0 Å². The van der Waals surface area contributed by atoms with Crippen LogP contribution in [0, 0.1) is 0 Å². The number of nitrogens with zero attached hydrogens (tertiary/aromatic N) is 1. The summed E-state index contributed by atoms with van der Waals surface area (Å²) in [6, 6.07) is 0. The van der Waals surface area contributed by atoms with Crippen LogP contribution in [0.2, 0.25) is 0 Å². The van der Waals surface area contributed by atoms with Crippen LogP contribution in [-0.4, -0.2) is 50.2 Å². The largest absolute Gasteiger partial charge is 0.478 e. The van der Waals surface area contributed by atoms with Gasteiger partial charge in [0.05, 0.1) is 13.2 Å². The second-order valence-electron chi connectivity index (χ2n) is 3.54. The van der Waals surface area contributed by atoms with Gasteiger partial charge in [0, 0.05) is 19.3 Å². The minimum atomic E-state index is -4.95. The second-order valence-corrected chi connectivity index (χ2v) is 3.54. The smallest absolute Gasteiger partial charge is 0.450 e. The number of allylic oxidation sites excluding steroid dienone is 1. The van der Waals surface area contributed by atoms with E-state index in [0.29, 0.717) is 6.20 Å². The van der Waals surface area contributed by atoms with Crippen LogP contribution in [0.25, 0.3) is 0 Å². The Hall–Kier alpha value is -1.12. The molecule has 1 heterocycles. The van der Waals surface area contributed by atoms with Gasteiger partial charge in [-0.15, -0.1) is 0 Å². The molecule has 0 saturated carbocycles. The van der Waals surface area contributed by atoms with E-state index in [9.17, 15) is 26.3 Å². The summed E-state index contributed by atoms with van der Waals surface area (Å²) in [7, 11) is 0. The Morgan fingerprint density at radius 1 is 1.11 bits per heavy atom. The molecular weight excluding hydrogens is 268 g/mol. The van der Waals surface area contributed by atoms with Crippen molar-refractivity contribution in [3.63, 3.8) is 0 Å². The quantitative estimate of drug-likeness (QED) is 0.584. The predicted molar refractivity (Wildman–Crippen MR) is 48.5 cm³/mol. The summed E-state index contributed by atoms with van der Waals surface area (Å²) in [4.78, 5) is 1.21. The van der Waals surface area contributed by atoms with Crippen molar-refractivity contribution in [1.82, 2.24) is 4.90 Å². The number of alkyl halides is 6. The topological polar surface area (TPSA) is 21.7 Å². The molecule has 0 aromatic carbocycles. The van der Waals surface area contributed by atoms with Crippen molar-refractivity contribution < 1.29 is 35.8 Å². The van der Waals surface area contributed by atoms with Gasteiger partial charge in [0.2, 0.25) is 5.76 Å². The van der Waals surface area contributed by atoms with Crippen LogP contribution in [0.3, 0.4) is 0 Å². The normalized spacial score (nSPS) is 19.0. The molecule has 1 fully saturated rings. The maximum Gasteiger partial charge on any atom is 0.450 e. The fourth-order valence-corrected chi connectivity index (χ4v) is 1.22. The van der Waals surface area contributed by atoms with Crippen molar-refractivity contribution in [2.45, 2.75) is 12.4 Å². The summed E-state index contributed by atoms with van der Waals surface area (Å²) >= 11 is 0. The molecule has 106 valence electrons. The number of ether oxygens (including phenoxy) is 2. The first-order valence-corrected chi connectivity index (χ1v) is 4.99. The second kappa shape index (κ2) is 5.68. The SMILES string of the molecule is FC(F)(F)COC(=CN1CCOCC1)C(F)(F)F. The van der Waals surface area contributed by atoms with E-state index >= 15 is 0 Å². The van der Waals surface area contributed by atoms with Crippen LogP contribution in [0.15, 0.2) is 12.0 Å². The average Bonchev–Trinajstić information content (AvgIpc) is 2.22. The molecule has 0 atom stereocenters. The molecule has 3 nitrogen and oxygen atoms in total. The van der Waals surface area contributed by atoms with E-state index in [1.165, 1.54) is 4.90 Å². The van der Waals surface area contributed by atoms with Crippen molar-refractivity contribution in [2.75, 3.05) is 32.9 Å². The first-order valence-electron chi connectivity index (χ1n) is 4.99. The third-order valence-corrected chi connectivity index (χ3v) is 2.02. The maximum absolute atomic E-state index is 12.4. The van der Waals surface area contributed by atoms with Gasteiger partial charge in [-0.1, -0.05) is 0 Å². The summed E-state index contributed by atoms with van der Waals surface area (Å²) < 4.78 is 81.5. The summed E-state index contributed by atoms with van der Waals surface area (Å²) in [6.45, 7) is -1.17. The Morgan fingerprint density at radius 3 is 2.11 bits per heavy atom. The molecule has 9 heteroatoms. The van der Waals surface area contributed by atoms with Gasteiger partial charge < -0.3 is 14.4 Å².